The van der Waals surface area contributed by atoms with Crippen LogP contribution in [0.2, 0.25) is 0 Å². The summed E-state index contributed by atoms with van der Waals surface area (Å²) in [5, 5.41) is 11.4. The molecule has 0 unspecified atom stereocenters. The van der Waals surface area contributed by atoms with Crippen LogP contribution < -0.4 is 10.9 Å². The van der Waals surface area contributed by atoms with E-state index in [1.807, 2.05) is 38.1 Å². The van der Waals surface area contributed by atoms with Gasteiger partial charge in [0.15, 0.2) is 5.13 Å². The zero-order valence-corrected chi connectivity index (χ0v) is 18.9. The molecule has 1 fully saturated rings. The maximum Gasteiger partial charge on any atom is 0.267 e. The number of hydrogen-bond acceptors (Lipinski definition) is 7. The Labute approximate surface area is 186 Å². The molecular weight excluding hydrogens is 410 g/mol. The number of ether oxygens (including phenoxy) is 1. The molecule has 0 saturated carbocycles. The first-order chi connectivity index (χ1) is 15.1. The molecule has 1 aromatic carbocycles. The molecule has 2 aromatic heterocycles. The van der Waals surface area contributed by atoms with Crippen molar-refractivity contribution < 1.29 is 4.74 Å². The van der Waals surface area contributed by atoms with Gasteiger partial charge < -0.3 is 10.1 Å². The second-order valence-corrected chi connectivity index (χ2v) is 8.99. The van der Waals surface area contributed by atoms with Crippen molar-refractivity contribution in [3.05, 3.63) is 52.3 Å². The van der Waals surface area contributed by atoms with Crippen LogP contribution >= 0.6 is 11.3 Å². The molecule has 0 atom stereocenters. The minimum absolute atomic E-state index is 0.122. The number of H-pyrrole nitrogens is 1. The molecule has 1 aliphatic rings. The zero-order chi connectivity index (χ0) is 21.6. The van der Waals surface area contributed by atoms with Crippen LogP contribution in [0.1, 0.15) is 31.7 Å². The second kappa shape index (κ2) is 10.2. The number of aromatic nitrogens is 3. The summed E-state index contributed by atoms with van der Waals surface area (Å²) in [5.41, 5.74) is 3.27. The summed E-state index contributed by atoms with van der Waals surface area (Å²) >= 11 is 1.58. The van der Waals surface area contributed by atoms with Crippen molar-refractivity contribution in [2.45, 2.75) is 26.2 Å². The SMILES string of the molecule is CC(C)c1cc(-c2sc(NCCCN3CCOCC3)nc2-c2ccccc2)n[nH]c1=O. The minimum Gasteiger partial charge on any atom is -0.379 e. The van der Waals surface area contributed by atoms with Gasteiger partial charge in [0.2, 0.25) is 0 Å². The van der Waals surface area contributed by atoms with Crippen LogP contribution in [-0.4, -0.2) is 59.5 Å². The van der Waals surface area contributed by atoms with E-state index in [1.54, 1.807) is 11.3 Å². The Morgan fingerprint density at radius 1 is 1.23 bits per heavy atom. The van der Waals surface area contributed by atoms with Crippen LogP contribution in [-0.2, 0) is 4.74 Å². The fraction of sp³-hybridized carbons (Fsp3) is 0.435. The lowest BCUT2D eigenvalue weighted by atomic mass is 10.0. The quantitative estimate of drug-likeness (QED) is 0.519. The van der Waals surface area contributed by atoms with Crippen molar-refractivity contribution in [3.63, 3.8) is 0 Å². The van der Waals surface area contributed by atoms with Crippen molar-refractivity contribution in [3.8, 4) is 21.8 Å². The third-order valence-corrected chi connectivity index (χ3v) is 6.43. The molecule has 1 saturated heterocycles. The van der Waals surface area contributed by atoms with Crippen LogP contribution in [0.4, 0.5) is 5.13 Å². The molecule has 8 heteroatoms. The van der Waals surface area contributed by atoms with E-state index in [4.69, 9.17) is 9.72 Å². The van der Waals surface area contributed by atoms with E-state index < -0.39 is 0 Å². The van der Waals surface area contributed by atoms with Gasteiger partial charge in [0.25, 0.3) is 5.56 Å². The first kappa shape index (κ1) is 21.7. The van der Waals surface area contributed by atoms with Gasteiger partial charge in [-0.15, -0.1) is 0 Å². The maximum absolute atomic E-state index is 12.2. The summed E-state index contributed by atoms with van der Waals surface area (Å²) in [6.45, 7) is 9.61. The Balaban J connectivity index is 1.55. The van der Waals surface area contributed by atoms with E-state index in [0.29, 0.717) is 0 Å². The molecule has 31 heavy (non-hydrogen) atoms. The monoisotopic (exact) mass is 439 g/mol. The molecule has 7 nitrogen and oxygen atoms in total. The van der Waals surface area contributed by atoms with E-state index >= 15 is 0 Å². The summed E-state index contributed by atoms with van der Waals surface area (Å²) in [7, 11) is 0. The fourth-order valence-electron chi connectivity index (χ4n) is 3.65. The standard InChI is InChI=1S/C23H29N5O2S/c1-16(2)18-15-19(26-27-22(18)29)21-20(17-7-4-3-5-8-17)25-23(31-21)24-9-6-10-28-11-13-30-14-12-28/h3-5,7-8,15-16H,6,9-14H2,1-2H3,(H,24,25)(H,27,29). The summed E-state index contributed by atoms with van der Waals surface area (Å²) in [6, 6.07) is 12.0. The average molecular weight is 440 g/mol. The number of rotatable bonds is 8. The number of anilines is 1. The Bertz CT molecular complexity index is 1040. The molecule has 1 aliphatic heterocycles. The fourth-order valence-corrected chi connectivity index (χ4v) is 4.62. The van der Waals surface area contributed by atoms with Crippen molar-refractivity contribution in [2.75, 3.05) is 44.7 Å². The van der Waals surface area contributed by atoms with Crippen LogP contribution in [0.5, 0.6) is 0 Å². The predicted octanol–water partition coefficient (Wildman–Crippen LogP) is 3.82. The van der Waals surface area contributed by atoms with E-state index in [-0.39, 0.29) is 11.5 Å². The normalized spacial score (nSPS) is 14.8. The van der Waals surface area contributed by atoms with Crippen LogP contribution in [0, 0.1) is 0 Å². The smallest absolute Gasteiger partial charge is 0.267 e. The Morgan fingerprint density at radius 2 is 2.00 bits per heavy atom. The van der Waals surface area contributed by atoms with Crippen LogP contribution in [0.3, 0.4) is 0 Å². The highest BCUT2D eigenvalue weighted by Crippen LogP contribution is 2.38. The molecule has 0 aliphatic carbocycles. The number of aromatic amines is 1. The summed E-state index contributed by atoms with van der Waals surface area (Å²) < 4.78 is 5.41. The highest BCUT2D eigenvalue weighted by atomic mass is 32.1. The molecule has 2 N–H and O–H groups in total. The van der Waals surface area contributed by atoms with Gasteiger partial charge in [0.1, 0.15) is 5.69 Å². The van der Waals surface area contributed by atoms with Crippen molar-refractivity contribution >= 4 is 16.5 Å². The molecule has 3 heterocycles. The molecular formula is C23H29N5O2S. The summed E-state index contributed by atoms with van der Waals surface area (Å²) in [5.74, 6) is 0.122. The molecule has 4 rings (SSSR count). The molecule has 3 aromatic rings. The number of hydrogen-bond donors (Lipinski definition) is 2. The van der Waals surface area contributed by atoms with Crippen molar-refractivity contribution in [1.29, 1.82) is 0 Å². The third-order valence-electron chi connectivity index (χ3n) is 5.39. The third kappa shape index (κ3) is 5.39. The Kier molecular flexibility index (Phi) is 7.11. The van der Waals surface area contributed by atoms with Gasteiger partial charge in [-0.05, 0) is 24.9 Å². The molecule has 0 bridgehead atoms. The van der Waals surface area contributed by atoms with Crippen LogP contribution in [0.25, 0.3) is 21.8 Å². The lowest BCUT2D eigenvalue weighted by Crippen LogP contribution is -2.37. The molecule has 164 valence electrons. The second-order valence-electron chi connectivity index (χ2n) is 7.99. The van der Waals surface area contributed by atoms with E-state index in [1.165, 1.54) is 0 Å². The van der Waals surface area contributed by atoms with Gasteiger partial charge in [0.05, 0.1) is 23.8 Å². The first-order valence-electron chi connectivity index (χ1n) is 10.8. The predicted molar refractivity (Wildman–Crippen MR) is 126 cm³/mol. The van der Waals surface area contributed by atoms with E-state index in [2.05, 4.69) is 32.5 Å². The minimum atomic E-state index is -0.133. The number of morpholine rings is 1. The lowest BCUT2D eigenvalue weighted by Gasteiger charge is -2.26. The van der Waals surface area contributed by atoms with Gasteiger partial charge in [0, 0.05) is 30.8 Å². The summed E-state index contributed by atoms with van der Waals surface area (Å²) in [4.78, 5) is 20.4. The number of thiazole rings is 1. The topological polar surface area (TPSA) is 83.1 Å². The van der Waals surface area contributed by atoms with E-state index in [9.17, 15) is 4.79 Å². The first-order valence-corrected chi connectivity index (χ1v) is 11.6. The van der Waals surface area contributed by atoms with Crippen LogP contribution in [0.15, 0.2) is 41.2 Å². The molecule has 0 radical (unpaired) electrons. The number of benzene rings is 1. The Hall–Kier alpha value is -2.55. The number of nitrogens with one attached hydrogen (secondary N) is 2. The van der Waals surface area contributed by atoms with E-state index in [0.717, 1.165) is 78.3 Å². The highest BCUT2D eigenvalue weighted by Gasteiger charge is 2.18. The molecule has 0 amide bonds. The maximum atomic E-state index is 12.2. The zero-order valence-electron chi connectivity index (χ0n) is 18.1. The van der Waals surface area contributed by atoms with Crippen molar-refractivity contribution in [1.82, 2.24) is 20.1 Å². The lowest BCUT2D eigenvalue weighted by molar-refractivity contribution is 0.0378. The summed E-state index contributed by atoms with van der Waals surface area (Å²) in [6.07, 6.45) is 1.05. The number of nitrogens with zero attached hydrogens (tertiary/aromatic N) is 3. The Morgan fingerprint density at radius 3 is 2.74 bits per heavy atom. The highest BCUT2D eigenvalue weighted by molar-refractivity contribution is 7.19. The van der Waals surface area contributed by atoms with Gasteiger partial charge in [-0.2, -0.15) is 5.10 Å². The van der Waals surface area contributed by atoms with Gasteiger partial charge in [-0.3, -0.25) is 9.69 Å². The van der Waals surface area contributed by atoms with Gasteiger partial charge in [-0.1, -0.05) is 55.5 Å². The average Bonchev–Trinajstić information content (AvgIpc) is 3.22. The van der Waals surface area contributed by atoms with Gasteiger partial charge >= 0.3 is 0 Å². The largest absolute Gasteiger partial charge is 0.379 e. The molecule has 0 spiro atoms. The van der Waals surface area contributed by atoms with Crippen molar-refractivity contribution in [2.24, 2.45) is 0 Å². The van der Waals surface area contributed by atoms with Gasteiger partial charge in [-0.25, -0.2) is 10.1 Å².